The van der Waals surface area contributed by atoms with Crippen LogP contribution in [0.4, 0.5) is 0 Å². The number of ether oxygens (including phenoxy) is 2. The number of rotatable bonds is 3. The molecule has 1 spiro atoms. The van der Waals surface area contributed by atoms with Gasteiger partial charge in [0.25, 0.3) is 0 Å². The van der Waals surface area contributed by atoms with Gasteiger partial charge in [0.05, 0.1) is 19.8 Å². The molecule has 1 heterocycles. The van der Waals surface area contributed by atoms with Crippen LogP contribution in [-0.2, 0) is 9.47 Å². The van der Waals surface area contributed by atoms with Crippen molar-refractivity contribution in [2.75, 3.05) is 19.8 Å². The minimum atomic E-state index is -0.429. The molecule has 0 unspecified atom stereocenters. The molecule has 2 fully saturated rings. The van der Waals surface area contributed by atoms with Crippen molar-refractivity contribution in [3.05, 3.63) is 23.8 Å². The first-order chi connectivity index (χ1) is 11.0. The first-order valence-corrected chi connectivity index (χ1v) is 9.20. The van der Waals surface area contributed by atoms with E-state index in [1.165, 1.54) is 0 Å². The lowest BCUT2D eigenvalue weighted by Gasteiger charge is -2.59. The Hall–Kier alpha value is -0.640. The maximum Gasteiger partial charge on any atom is 0.169 e. The smallest absolute Gasteiger partial charge is 0.169 e. The van der Waals surface area contributed by atoms with Crippen molar-refractivity contribution in [3.8, 4) is 0 Å². The molecule has 0 amide bonds. The predicted octanol–water partition coefficient (Wildman–Crippen LogP) is 4.71. The molecule has 0 radical (unpaired) electrons. The molecule has 0 bridgehead atoms. The zero-order chi connectivity index (χ0) is 18.2. The van der Waals surface area contributed by atoms with E-state index in [1.54, 1.807) is 0 Å². The molecule has 0 aromatic heterocycles. The van der Waals surface area contributed by atoms with E-state index in [1.807, 2.05) is 13.0 Å². The van der Waals surface area contributed by atoms with Gasteiger partial charge in [-0.3, -0.25) is 0 Å². The summed E-state index contributed by atoms with van der Waals surface area (Å²) >= 11 is 0. The maximum atomic E-state index is 9.06. The fraction of sp³-hybridized carbons (Fsp3) is 0.810. The third kappa shape index (κ3) is 3.79. The summed E-state index contributed by atoms with van der Waals surface area (Å²) < 4.78 is 12.6. The summed E-state index contributed by atoms with van der Waals surface area (Å²) in [4.78, 5) is 0. The van der Waals surface area contributed by atoms with Crippen LogP contribution in [0.1, 0.15) is 61.3 Å². The van der Waals surface area contributed by atoms with Gasteiger partial charge in [0, 0.05) is 18.3 Å². The van der Waals surface area contributed by atoms with Gasteiger partial charge in [-0.15, -0.1) is 0 Å². The molecule has 1 N–H and O–H groups in total. The number of aliphatic hydroxyl groups is 1. The van der Waals surface area contributed by atoms with E-state index in [0.29, 0.717) is 5.92 Å². The van der Waals surface area contributed by atoms with Gasteiger partial charge in [0.2, 0.25) is 0 Å². The minimum absolute atomic E-state index is 0.0577. The van der Waals surface area contributed by atoms with Crippen LogP contribution in [0.25, 0.3) is 0 Å². The van der Waals surface area contributed by atoms with Crippen molar-refractivity contribution in [2.24, 2.45) is 22.2 Å². The van der Waals surface area contributed by atoms with E-state index in [0.717, 1.165) is 31.6 Å². The second-order valence-electron chi connectivity index (χ2n) is 9.56. The van der Waals surface area contributed by atoms with Gasteiger partial charge >= 0.3 is 0 Å². The van der Waals surface area contributed by atoms with Crippen LogP contribution in [0.5, 0.6) is 0 Å². The standard InChI is InChI=1S/C21H36O3/c1-16(9-11-22)8-10-20(7)17(2)12-21(13-19(20,5)6)23-14-18(3,4)15-24-21/h8-10,17,22H,11-15H2,1-7H3/b10-8+,16-9-/t17-,20-/m0/s1. The van der Waals surface area contributed by atoms with Crippen LogP contribution < -0.4 is 0 Å². The van der Waals surface area contributed by atoms with E-state index < -0.39 is 5.79 Å². The van der Waals surface area contributed by atoms with Gasteiger partial charge in [-0.2, -0.15) is 0 Å². The molecular weight excluding hydrogens is 300 g/mol. The largest absolute Gasteiger partial charge is 0.392 e. The monoisotopic (exact) mass is 336 g/mol. The van der Waals surface area contributed by atoms with Gasteiger partial charge in [0.15, 0.2) is 5.79 Å². The van der Waals surface area contributed by atoms with Crippen LogP contribution in [-0.4, -0.2) is 30.7 Å². The Labute approximate surface area is 148 Å². The van der Waals surface area contributed by atoms with E-state index in [-0.39, 0.29) is 22.9 Å². The van der Waals surface area contributed by atoms with Gasteiger partial charge in [0.1, 0.15) is 0 Å². The van der Waals surface area contributed by atoms with Gasteiger partial charge in [-0.25, -0.2) is 0 Å². The second-order valence-corrected chi connectivity index (χ2v) is 9.56. The highest BCUT2D eigenvalue weighted by molar-refractivity contribution is 5.22. The van der Waals surface area contributed by atoms with Crippen molar-refractivity contribution in [3.63, 3.8) is 0 Å². The van der Waals surface area contributed by atoms with Gasteiger partial charge in [-0.05, 0) is 23.7 Å². The van der Waals surface area contributed by atoms with Crippen molar-refractivity contribution in [1.82, 2.24) is 0 Å². The Morgan fingerprint density at radius 1 is 1.12 bits per heavy atom. The van der Waals surface area contributed by atoms with E-state index in [4.69, 9.17) is 14.6 Å². The van der Waals surface area contributed by atoms with Crippen molar-refractivity contribution in [2.45, 2.75) is 67.1 Å². The van der Waals surface area contributed by atoms with Crippen LogP contribution in [0, 0.1) is 22.2 Å². The van der Waals surface area contributed by atoms with E-state index >= 15 is 0 Å². The van der Waals surface area contributed by atoms with Gasteiger partial charge < -0.3 is 14.6 Å². The highest BCUT2D eigenvalue weighted by Crippen LogP contribution is 2.59. The third-order valence-electron chi connectivity index (χ3n) is 6.37. The zero-order valence-electron chi connectivity index (χ0n) is 16.6. The molecule has 0 aromatic rings. The second kappa shape index (κ2) is 6.59. The fourth-order valence-electron chi connectivity index (χ4n) is 4.15. The summed E-state index contributed by atoms with van der Waals surface area (Å²) in [5.41, 5.74) is 1.32. The van der Waals surface area contributed by atoms with Crippen molar-refractivity contribution in [1.29, 1.82) is 0 Å². The Morgan fingerprint density at radius 2 is 1.71 bits per heavy atom. The predicted molar refractivity (Wildman–Crippen MR) is 98.7 cm³/mol. The molecule has 24 heavy (non-hydrogen) atoms. The molecule has 1 saturated heterocycles. The third-order valence-corrected chi connectivity index (χ3v) is 6.37. The topological polar surface area (TPSA) is 38.7 Å². The summed E-state index contributed by atoms with van der Waals surface area (Å²) in [6, 6.07) is 0. The number of hydrogen-bond acceptors (Lipinski definition) is 3. The lowest BCUT2D eigenvalue weighted by molar-refractivity contribution is -0.336. The molecule has 1 saturated carbocycles. The van der Waals surface area contributed by atoms with Crippen molar-refractivity contribution >= 4 is 0 Å². The van der Waals surface area contributed by atoms with E-state index in [2.05, 4.69) is 53.7 Å². The van der Waals surface area contributed by atoms with Crippen molar-refractivity contribution < 1.29 is 14.6 Å². The molecule has 3 nitrogen and oxygen atoms in total. The molecular formula is C21H36O3. The number of allylic oxidation sites excluding steroid dienone is 3. The van der Waals surface area contributed by atoms with E-state index in [9.17, 15) is 0 Å². The van der Waals surface area contributed by atoms with Gasteiger partial charge in [-0.1, -0.05) is 65.3 Å². The summed E-state index contributed by atoms with van der Waals surface area (Å²) in [7, 11) is 0. The Kier molecular flexibility index (Phi) is 5.40. The first kappa shape index (κ1) is 19.7. The summed E-state index contributed by atoms with van der Waals surface area (Å²) in [5, 5.41) is 9.06. The molecule has 0 aromatic carbocycles. The maximum absolute atomic E-state index is 9.06. The molecule has 2 atom stereocenters. The molecule has 138 valence electrons. The normalized spacial score (nSPS) is 35.5. The summed E-state index contributed by atoms with van der Waals surface area (Å²) in [6.07, 6.45) is 8.16. The number of aliphatic hydroxyl groups excluding tert-OH is 1. The number of hydrogen-bond donors (Lipinski definition) is 1. The average Bonchev–Trinajstić information content (AvgIpc) is 2.47. The summed E-state index contributed by atoms with van der Waals surface area (Å²) in [6.45, 7) is 17.4. The zero-order valence-corrected chi connectivity index (χ0v) is 16.6. The van der Waals surface area contributed by atoms with Crippen LogP contribution in [0.3, 0.4) is 0 Å². The Morgan fingerprint density at radius 3 is 2.21 bits per heavy atom. The average molecular weight is 337 g/mol. The fourth-order valence-corrected chi connectivity index (χ4v) is 4.15. The SMILES string of the molecule is CC(=C/CO)/C=C/[C@@]1(C)[C@@H](C)CC2(CC1(C)C)OCC(C)(C)CO2. The highest BCUT2D eigenvalue weighted by atomic mass is 16.7. The Balaban J connectivity index is 2.22. The van der Waals surface area contributed by atoms with Crippen LogP contribution in [0.15, 0.2) is 23.8 Å². The summed E-state index contributed by atoms with van der Waals surface area (Å²) in [5.74, 6) is 0.0162. The molecule has 1 aliphatic heterocycles. The van der Waals surface area contributed by atoms with Crippen LogP contribution in [0.2, 0.25) is 0 Å². The van der Waals surface area contributed by atoms with Crippen LogP contribution >= 0.6 is 0 Å². The first-order valence-electron chi connectivity index (χ1n) is 9.20. The molecule has 3 heteroatoms. The molecule has 1 aliphatic carbocycles. The minimum Gasteiger partial charge on any atom is -0.392 e. The molecule has 2 rings (SSSR count). The lowest BCUT2D eigenvalue weighted by Crippen LogP contribution is -2.58. The quantitative estimate of drug-likeness (QED) is 0.758. The lowest BCUT2D eigenvalue weighted by atomic mass is 9.52. The highest BCUT2D eigenvalue weighted by Gasteiger charge is 2.57. The molecule has 2 aliphatic rings. The Bertz CT molecular complexity index is 505.